The smallest absolute Gasteiger partial charge is 0.241 e. The van der Waals surface area contributed by atoms with Gasteiger partial charge in [0.05, 0.1) is 18.8 Å². The summed E-state index contributed by atoms with van der Waals surface area (Å²) in [4.78, 5) is 14.4. The van der Waals surface area contributed by atoms with Gasteiger partial charge in [0.25, 0.3) is 0 Å². The maximum Gasteiger partial charge on any atom is 0.241 e. The van der Waals surface area contributed by atoms with E-state index in [2.05, 4.69) is 33.0 Å². The normalized spacial score (nSPS) is 27.9. The first-order chi connectivity index (χ1) is 9.00. The molecular weight excluding hydrogens is 240 g/mol. The molecule has 0 aromatic carbocycles. The number of hydrogen-bond donors (Lipinski definition) is 1. The molecule has 4 heteroatoms. The van der Waals surface area contributed by atoms with Crippen LogP contribution in [-0.4, -0.2) is 42.8 Å². The van der Waals surface area contributed by atoms with E-state index < -0.39 is 0 Å². The fraction of sp³-hybridized carbons (Fsp3) is 0.933. The predicted octanol–water partition coefficient (Wildman–Crippen LogP) is 1.85. The molecular formula is C15H28N2O2. The van der Waals surface area contributed by atoms with E-state index in [-0.39, 0.29) is 18.1 Å². The second-order valence-electron chi connectivity index (χ2n) is 6.63. The SMILES string of the molecule is CC(C)C1NC(C(C)C)N(CCOCC2CC2)C1=O. The van der Waals surface area contributed by atoms with Crippen LogP contribution in [0.2, 0.25) is 0 Å². The van der Waals surface area contributed by atoms with Crippen LogP contribution in [0, 0.1) is 17.8 Å². The molecule has 2 atom stereocenters. The van der Waals surface area contributed by atoms with E-state index in [1.54, 1.807) is 0 Å². The van der Waals surface area contributed by atoms with Crippen LogP contribution in [0.5, 0.6) is 0 Å². The third kappa shape index (κ3) is 3.69. The Morgan fingerprint density at radius 3 is 2.47 bits per heavy atom. The molecule has 4 nitrogen and oxygen atoms in total. The van der Waals surface area contributed by atoms with Crippen molar-refractivity contribution in [2.24, 2.45) is 17.8 Å². The number of carbonyl (C=O) groups excluding carboxylic acids is 1. The summed E-state index contributed by atoms with van der Waals surface area (Å²) in [5.74, 6) is 1.79. The lowest BCUT2D eigenvalue weighted by molar-refractivity contribution is -0.132. The zero-order valence-electron chi connectivity index (χ0n) is 12.7. The largest absolute Gasteiger partial charge is 0.379 e. The lowest BCUT2D eigenvalue weighted by atomic mass is 10.1. The first-order valence-electron chi connectivity index (χ1n) is 7.65. The highest BCUT2D eigenvalue weighted by atomic mass is 16.5. The van der Waals surface area contributed by atoms with Crippen LogP contribution < -0.4 is 5.32 Å². The van der Waals surface area contributed by atoms with Gasteiger partial charge in [0.1, 0.15) is 0 Å². The Labute approximate surface area is 116 Å². The Kier molecular flexibility index (Phi) is 4.85. The summed E-state index contributed by atoms with van der Waals surface area (Å²) in [7, 11) is 0. The molecule has 0 aromatic heterocycles. The molecule has 2 rings (SSSR count). The molecule has 0 bridgehead atoms. The minimum Gasteiger partial charge on any atom is -0.379 e. The molecule has 1 saturated carbocycles. The van der Waals surface area contributed by atoms with Gasteiger partial charge in [-0.25, -0.2) is 0 Å². The number of nitrogens with zero attached hydrogens (tertiary/aromatic N) is 1. The van der Waals surface area contributed by atoms with Gasteiger partial charge in [0, 0.05) is 13.2 Å². The van der Waals surface area contributed by atoms with E-state index in [9.17, 15) is 4.79 Å². The quantitative estimate of drug-likeness (QED) is 0.717. The second kappa shape index (κ2) is 6.23. The van der Waals surface area contributed by atoms with Gasteiger partial charge in [-0.2, -0.15) is 0 Å². The summed E-state index contributed by atoms with van der Waals surface area (Å²) < 4.78 is 5.67. The fourth-order valence-corrected chi connectivity index (χ4v) is 2.64. The van der Waals surface area contributed by atoms with Crippen LogP contribution in [0.3, 0.4) is 0 Å². The minimum absolute atomic E-state index is 0.0316. The number of carbonyl (C=O) groups is 1. The van der Waals surface area contributed by atoms with Gasteiger partial charge in [0.15, 0.2) is 0 Å². The highest BCUT2D eigenvalue weighted by Crippen LogP contribution is 2.28. The Morgan fingerprint density at radius 1 is 1.26 bits per heavy atom. The predicted molar refractivity (Wildman–Crippen MR) is 75.6 cm³/mol. The Hall–Kier alpha value is -0.610. The zero-order chi connectivity index (χ0) is 14.0. The van der Waals surface area contributed by atoms with Crippen LogP contribution >= 0.6 is 0 Å². The van der Waals surface area contributed by atoms with E-state index in [4.69, 9.17) is 4.74 Å². The maximum atomic E-state index is 12.4. The molecule has 19 heavy (non-hydrogen) atoms. The summed E-state index contributed by atoms with van der Waals surface area (Å²) in [5, 5.41) is 3.47. The molecule has 2 fully saturated rings. The first kappa shape index (κ1) is 14.8. The summed E-state index contributed by atoms with van der Waals surface area (Å²) in [5.41, 5.74) is 0. The van der Waals surface area contributed by atoms with Crippen molar-refractivity contribution in [1.82, 2.24) is 10.2 Å². The number of amides is 1. The third-order valence-corrected chi connectivity index (χ3v) is 4.06. The Bertz CT molecular complexity index is 313. The number of hydrogen-bond acceptors (Lipinski definition) is 3. The van der Waals surface area contributed by atoms with E-state index >= 15 is 0 Å². The summed E-state index contributed by atoms with van der Waals surface area (Å²) in [6.45, 7) is 10.8. The maximum absolute atomic E-state index is 12.4. The summed E-state index contributed by atoms with van der Waals surface area (Å²) in [6.07, 6.45) is 2.78. The van der Waals surface area contributed by atoms with Gasteiger partial charge in [0.2, 0.25) is 5.91 Å². The van der Waals surface area contributed by atoms with Crippen LogP contribution in [-0.2, 0) is 9.53 Å². The molecule has 2 aliphatic rings. The van der Waals surface area contributed by atoms with Gasteiger partial charge in [-0.3, -0.25) is 10.1 Å². The molecule has 1 N–H and O–H groups in total. The molecule has 1 heterocycles. The molecule has 1 amide bonds. The van der Waals surface area contributed by atoms with Gasteiger partial charge >= 0.3 is 0 Å². The van der Waals surface area contributed by atoms with Crippen molar-refractivity contribution in [1.29, 1.82) is 0 Å². The fourth-order valence-electron chi connectivity index (χ4n) is 2.64. The van der Waals surface area contributed by atoms with Crippen molar-refractivity contribution in [2.45, 2.75) is 52.7 Å². The monoisotopic (exact) mass is 268 g/mol. The molecule has 1 aliphatic heterocycles. The molecule has 1 saturated heterocycles. The van der Waals surface area contributed by atoms with Crippen LogP contribution in [0.15, 0.2) is 0 Å². The Balaban J connectivity index is 1.84. The summed E-state index contributed by atoms with van der Waals surface area (Å²) in [6, 6.07) is -0.0316. The molecule has 0 aromatic rings. The topological polar surface area (TPSA) is 41.6 Å². The van der Waals surface area contributed by atoms with Gasteiger partial charge < -0.3 is 9.64 Å². The van der Waals surface area contributed by atoms with Crippen molar-refractivity contribution in [3.63, 3.8) is 0 Å². The average molecular weight is 268 g/mol. The second-order valence-corrected chi connectivity index (χ2v) is 6.63. The highest BCUT2D eigenvalue weighted by Gasteiger charge is 2.41. The van der Waals surface area contributed by atoms with E-state index in [1.807, 2.05) is 4.90 Å². The molecule has 1 aliphatic carbocycles. The van der Waals surface area contributed by atoms with Crippen LogP contribution in [0.4, 0.5) is 0 Å². The van der Waals surface area contributed by atoms with Crippen molar-refractivity contribution in [3.05, 3.63) is 0 Å². The lowest BCUT2D eigenvalue weighted by Gasteiger charge is -2.27. The van der Waals surface area contributed by atoms with E-state index in [0.717, 1.165) is 12.5 Å². The molecule has 110 valence electrons. The molecule has 0 radical (unpaired) electrons. The van der Waals surface area contributed by atoms with Crippen molar-refractivity contribution < 1.29 is 9.53 Å². The first-order valence-corrected chi connectivity index (χ1v) is 7.65. The number of nitrogens with one attached hydrogen (secondary N) is 1. The standard InChI is InChI=1S/C15H28N2O2/c1-10(2)13-15(18)17(14(16-13)11(3)4)7-8-19-9-12-5-6-12/h10-14,16H,5-9H2,1-4H3. The van der Waals surface area contributed by atoms with Crippen LogP contribution in [0.25, 0.3) is 0 Å². The average Bonchev–Trinajstić information content (AvgIpc) is 3.09. The minimum atomic E-state index is -0.0316. The van der Waals surface area contributed by atoms with E-state index in [1.165, 1.54) is 12.8 Å². The van der Waals surface area contributed by atoms with Gasteiger partial charge in [-0.1, -0.05) is 27.7 Å². The van der Waals surface area contributed by atoms with Crippen LogP contribution in [0.1, 0.15) is 40.5 Å². The van der Waals surface area contributed by atoms with E-state index in [0.29, 0.717) is 25.0 Å². The van der Waals surface area contributed by atoms with Crippen molar-refractivity contribution in [3.8, 4) is 0 Å². The number of ether oxygens (including phenoxy) is 1. The van der Waals surface area contributed by atoms with Gasteiger partial charge in [-0.15, -0.1) is 0 Å². The molecule has 2 unspecified atom stereocenters. The van der Waals surface area contributed by atoms with Gasteiger partial charge in [-0.05, 0) is 30.6 Å². The van der Waals surface area contributed by atoms with Crippen molar-refractivity contribution >= 4 is 5.91 Å². The zero-order valence-corrected chi connectivity index (χ0v) is 12.7. The Morgan fingerprint density at radius 2 is 1.95 bits per heavy atom. The van der Waals surface area contributed by atoms with Crippen molar-refractivity contribution in [2.75, 3.05) is 19.8 Å². The lowest BCUT2D eigenvalue weighted by Crippen LogP contribution is -2.43. The molecule has 0 spiro atoms. The highest BCUT2D eigenvalue weighted by molar-refractivity contribution is 5.84. The summed E-state index contributed by atoms with van der Waals surface area (Å²) >= 11 is 0. The third-order valence-electron chi connectivity index (χ3n) is 4.06. The number of rotatable bonds is 7.